The SMILES string of the molecule is CC(=O)c1ccc(N2CC3CCC(C2)O3)cc1[N+](=O)[O-]. The molecule has 6 heteroatoms. The number of carbonyl (C=O) groups is 1. The summed E-state index contributed by atoms with van der Waals surface area (Å²) in [5.41, 5.74) is 0.839. The average Bonchev–Trinajstić information content (AvgIpc) is 2.76. The number of nitro benzene ring substituents is 1. The number of carbonyl (C=O) groups excluding carboxylic acids is 1. The van der Waals surface area contributed by atoms with Crippen molar-refractivity contribution in [2.24, 2.45) is 0 Å². The summed E-state index contributed by atoms with van der Waals surface area (Å²) >= 11 is 0. The molecule has 0 saturated carbocycles. The fourth-order valence-electron chi connectivity index (χ4n) is 2.99. The van der Waals surface area contributed by atoms with Gasteiger partial charge in [0.15, 0.2) is 5.78 Å². The van der Waals surface area contributed by atoms with E-state index in [1.807, 2.05) is 0 Å². The van der Waals surface area contributed by atoms with Crippen molar-refractivity contribution in [1.82, 2.24) is 0 Å². The lowest BCUT2D eigenvalue weighted by molar-refractivity contribution is -0.385. The second-order valence-electron chi connectivity index (χ2n) is 5.38. The molecule has 0 spiro atoms. The zero-order chi connectivity index (χ0) is 14.3. The molecule has 0 aromatic heterocycles. The van der Waals surface area contributed by atoms with E-state index < -0.39 is 4.92 Å². The predicted molar refractivity (Wildman–Crippen MR) is 73.2 cm³/mol. The molecule has 0 aliphatic carbocycles. The van der Waals surface area contributed by atoms with Crippen molar-refractivity contribution in [3.05, 3.63) is 33.9 Å². The van der Waals surface area contributed by atoms with Crippen LogP contribution < -0.4 is 4.90 Å². The normalized spacial score (nSPS) is 24.8. The lowest BCUT2D eigenvalue weighted by Gasteiger charge is -2.33. The van der Waals surface area contributed by atoms with Crippen LogP contribution in [0.25, 0.3) is 0 Å². The van der Waals surface area contributed by atoms with Crippen LogP contribution in [0.4, 0.5) is 11.4 Å². The molecule has 2 aliphatic heterocycles. The van der Waals surface area contributed by atoms with Crippen LogP contribution in [0.1, 0.15) is 30.1 Å². The summed E-state index contributed by atoms with van der Waals surface area (Å²) in [7, 11) is 0. The maximum Gasteiger partial charge on any atom is 0.282 e. The van der Waals surface area contributed by atoms with E-state index >= 15 is 0 Å². The summed E-state index contributed by atoms with van der Waals surface area (Å²) < 4.78 is 5.76. The predicted octanol–water partition coefficient (Wildman–Crippen LogP) is 2.17. The second-order valence-corrected chi connectivity index (χ2v) is 5.38. The van der Waals surface area contributed by atoms with Gasteiger partial charge in [-0.2, -0.15) is 0 Å². The van der Waals surface area contributed by atoms with E-state index in [2.05, 4.69) is 4.90 Å². The Kier molecular flexibility index (Phi) is 3.17. The first-order chi connectivity index (χ1) is 9.54. The molecule has 2 fully saturated rings. The molecule has 1 aromatic carbocycles. The molecule has 0 N–H and O–H groups in total. The summed E-state index contributed by atoms with van der Waals surface area (Å²) in [6.07, 6.45) is 2.55. The third kappa shape index (κ3) is 2.27. The Hall–Kier alpha value is -1.95. The van der Waals surface area contributed by atoms with Crippen LogP contribution in [0.2, 0.25) is 0 Å². The molecule has 2 unspecified atom stereocenters. The van der Waals surface area contributed by atoms with Gasteiger partial charge in [0.25, 0.3) is 5.69 Å². The Labute approximate surface area is 116 Å². The van der Waals surface area contributed by atoms with Crippen molar-refractivity contribution in [3.8, 4) is 0 Å². The van der Waals surface area contributed by atoms with Gasteiger partial charge in [-0.25, -0.2) is 0 Å². The topological polar surface area (TPSA) is 72.7 Å². The molecule has 2 aliphatic rings. The molecule has 20 heavy (non-hydrogen) atoms. The minimum atomic E-state index is -0.491. The minimum Gasteiger partial charge on any atom is -0.371 e. The monoisotopic (exact) mass is 276 g/mol. The van der Waals surface area contributed by atoms with Gasteiger partial charge in [0, 0.05) is 24.8 Å². The lowest BCUT2D eigenvalue weighted by Crippen LogP contribution is -2.42. The summed E-state index contributed by atoms with van der Waals surface area (Å²) in [4.78, 5) is 24.2. The van der Waals surface area contributed by atoms with Crippen molar-refractivity contribution in [3.63, 3.8) is 0 Å². The molecule has 2 bridgehead atoms. The first-order valence-electron chi connectivity index (χ1n) is 6.74. The van der Waals surface area contributed by atoms with E-state index in [1.165, 1.54) is 13.0 Å². The largest absolute Gasteiger partial charge is 0.371 e. The lowest BCUT2D eigenvalue weighted by atomic mass is 10.1. The maximum atomic E-state index is 11.4. The molecule has 2 saturated heterocycles. The molecule has 1 aromatic rings. The Morgan fingerprint density at radius 3 is 2.55 bits per heavy atom. The van der Waals surface area contributed by atoms with E-state index in [1.54, 1.807) is 12.1 Å². The van der Waals surface area contributed by atoms with E-state index in [-0.39, 0.29) is 29.2 Å². The third-order valence-corrected chi connectivity index (χ3v) is 3.97. The summed E-state index contributed by atoms with van der Waals surface area (Å²) in [5.74, 6) is -0.287. The first kappa shape index (κ1) is 13.1. The number of ketones is 1. The smallest absolute Gasteiger partial charge is 0.282 e. The van der Waals surface area contributed by atoms with Crippen LogP contribution in [0.3, 0.4) is 0 Å². The Morgan fingerprint density at radius 2 is 2.00 bits per heavy atom. The summed E-state index contributed by atoms with van der Waals surface area (Å²) in [6.45, 7) is 2.86. The molecular weight excluding hydrogens is 260 g/mol. The number of ether oxygens (including phenoxy) is 1. The molecular formula is C14H16N2O4. The van der Waals surface area contributed by atoms with E-state index in [0.717, 1.165) is 31.6 Å². The molecule has 3 rings (SSSR count). The number of benzene rings is 1. The highest BCUT2D eigenvalue weighted by molar-refractivity contribution is 5.98. The number of morpholine rings is 1. The standard InChI is InChI=1S/C14H16N2O4/c1-9(17)13-5-2-10(6-14(13)16(18)19)15-7-11-3-4-12(8-15)20-11/h2,5-6,11-12H,3-4,7-8H2,1H3. The maximum absolute atomic E-state index is 11.4. The summed E-state index contributed by atoms with van der Waals surface area (Å²) in [5, 5.41) is 11.1. The first-order valence-corrected chi connectivity index (χ1v) is 6.74. The number of hydrogen-bond donors (Lipinski definition) is 0. The highest BCUT2D eigenvalue weighted by Crippen LogP contribution is 2.32. The van der Waals surface area contributed by atoms with Crippen LogP contribution in [0.15, 0.2) is 18.2 Å². The van der Waals surface area contributed by atoms with Crippen LogP contribution >= 0.6 is 0 Å². The van der Waals surface area contributed by atoms with Gasteiger partial charge in [-0.05, 0) is 31.9 Å². The molecule has 2 heterocycles. The fourth-order valence-corrected chi connectivity index (χ4v) is 2.99. The highest BCUT2D eigenvalue weighted by Gasteiger charge is 2.34. The van der Waals surface area contributed by atoms with Gasteiger partial charge in [-0.1, -0.05) is 0 Å². The number of Topliss-reactive ketones (excluding diaryl/α,β-unsaturated/α-hetero) is 1. The van der Waals surface area contributed by atoms with Crippen LogP contribution in [-0.2, 0) is 4.74 Å². The van der Waals surface area contributed by atoms with Gasteiger partial charge in [0.05, 0.1) is 22.7 Å². The fraction of sp³-hybridized carbons (Fsp3) is 0.500. The van der Waals surface area contributed by atoms with Gasteiger partial charge < -0.3 is 9.64 Å². The molecule has 0 amide bonds. The van der Waals surface area contributed by atoms with Crippen LogP contribution in [0, 0.1) is 10.1 Å². The van der Waals surface area contributed by atoms with Gasteiger partial charge >= 0.3 is 0 Å². The Morgan fingerprint density at radius 1 is 1.35 bits per heavy atom. The number of nitro groups is 1. The van der Waals surface area contributed by atoms with Gasteiger partial charge in [-0.3, -0.25) is 14.9 Å². The summed E-state index contributed by atoms with van der Waals surface area (Å²) in [6, 6.07) is 4.84. The van der Waals surface area contributed by atoms with Crippen molar-refractivity contribution >= 4 is 17.2 Å². The molecule has 106 valence electrons. The number of nitrogens with zero attached hydrogens (tertiary/aromatic N) is 2. The van der Waals surface area contributed by atoms with Gasteiger partial charge in [-0.15, -0.1) is 0 Å². The molecule has 6 nitrogen and oxygen atoms in total. The van der Waals surface area contributed by atoms with E-state index in [4.69, 9.17) is 4.74 Å². The van der Waals surface area contributed by atoms with Gasteiger partial charge in [0.1, 0.15) is 0 Å². The Bertz CT molecular complexity index is 560. The van der Waals surface area contributed by atoms with E-state index in [0.29, 0.717) is 0 Å². The van der Waals surface area contributed by atoms with Crippen molar-refractivity contribution in [2.45, 2.75) is 32.0 Å². The molecule has 2 atom stereocenters. The number of rotatable bonds is 3. The van der Waals surface area contributed by atoms with Crippen LogP contribution in [-0.4, -0.2) is 36.0 Å². The van der Waals surface area contributed by atoms with Crippen molar-refractivity contribution in [2.75, 3.05) is 18.0 Å². The number of fused-ring (bicyclic) bond motifs is 2. The second kappa shape index (κ2) is 4.86. The highest BCUT2D eigenvalue weighted by atomic mass is 16.6. The zero-order valence-electron chi connectivity index (χ0n) is 11.2. The Balaban J connectivity index is 1.92. The molecule has 0 radical (unpaired) electrons. The zero-order valence-corrected chi connectivity index (χ0v) is 11.2. The van der Waals surface area contributed by atoms with E-state index in [9.17, 15) is 14.9 Å². The number of hydrogen-bond acceptors (Lipinski definition) is 5. The van der Waals surface area contributed by atoms with Crippen molar-refractivity contribution in [1.29, 1.82) is 0 Å². The van der Waals surface area contributed by atoms with Crippen LogP contribution in [0.5, 0.6) is 0 Å². The average molecular weight is 276 g/mol. The van der Waals surface area contributed by atoms with Gasteiger partial charge in [0.2, 0.25) is 0 Å². The van der Waals surface area contributed by atoms with Crippen molar-refractivity contribution < 1.29 is 14.5 Å². The minimum absolute atomic E-state index is 0.117. The number of anilines is 1. The quantitative estimate of drug-likeness (QED) is 0.480. The third-order valence-electron chi connectivity index (χ3n) is 3.97.